The number of hydrogen-bond donors (Lipinski definition) is 0. The van der Waals surface area contributed by atoms with Gasteiger partial charge in [-0.2, -0.15) is 0 Å². The number of alkyl halides is 1. The number of carbonyl (C=O) groups is 1. The van der Waals surface area contributed by atoms with Gasteiger partial charge in [-0.05, 0) is 13.0 Å². The minimum atomic E-state index is -0.511. The third kappa shape index (κ3) is 3.16. The number of rotatable bonds is 4. The summed E-state index contributed by atoms with van der Waals surface area (Å²) in [5.41, 5.74) is 0.252. The zero-order valence-electron chi connectivity index (χ0n) is 8.41. The fourth-order valence-corrected chi connectivity index (χ4v) is 1.42. The van der Waals surface area contributed by atoms with E-state index in [2.05, 4.69) is 4.98 Å². The maximum absolute atomic E-state index is 12.8. The lowest BCUT2D eigenvalue weighted by atomic mass is 10.2. The molecule has 0 N–H and O–H groups in total. The van der Waals surface area contributed by atoms with Crippen LogP contribution >= 0.6 is 11.6 Å². The Kier molecular flexibility index (Phi) is 4.49. The second kappa shape index (κ2) is 5.66. The van der Waals surface area contributed by atoms with Crippen molar-refractivity contribution >= 4 is 17.5 Å². The number of aromatic nitrogens is 1. The molecule has 0 fully saturated rings. The second-order valence-electron chi connectivity index (χ2n) is 2.97. The first-order valence-corrected chi connectivity index (χ1v) is 5.18. The van der Waals surface area contributed by atoms with Crippen molar-refractivity contribution in [2.24, 2.45) is 0 Å². The predicted octanol–water partition coefficient (Wildman–Crippen LogP) is 1.92. The van der Waals surface area contributed by atoms with Crippen LogP contribution in [0, 0.1) is 5.82 Å². The Morgan fingerprint density at radius 3 is 2.87 bits per heavy atom. The van der Waals surface area contributed by atoms with Crippen molar-refractivity contribution in [1.29, 1.82) is 0 Å². The van der Waals surface area contributed by atoms with Crippen molar-refractivity contribution in [2.45, 2.75) is 6.92 Å². The van der Waals surface area contributed by atoms with Gasteiger partial charge in [0.05, 0.1) is 11.8 Å². The molecule has 0 aliphatic heterocycles. The van der Waals surface area contributed by atoms with Gasteiger partial charge in [-0.1, -0.05) is 0 Å². The molecule has 0 spiro atoms. The molecule has 1 aromatic heterocycles. The highest BCUT2D eigenvalue weighted by Crippen LogP contribution is 2.05. The molecular formula is C10H12ClFN2O. The Balaban J connectivity index is 2.82. The number of hydrogen-bond acceptors (Lipinski definition) is 2. The van der Waals surface area contributed by atoms with E-state index in [9.17, 15) is 9.18 Å². The molecule has 5 heteroatoms. The van der Waals surface area contributed by atoms with E-state index in [1.54, 1.807) is 4.90 Å². The SMILES string of the molecule is CCN(CCCl)C(=O)c1cncc(F)c1. The fourth-order valence-electron chi connectivity index (χ4n) is 1.22. The van der Waals surface area contributed by atoms with E-state index in [1.165, 1.54) is 12.3 Å². The molecule has 0 unspecified atom stereocenters. The predicted molar refractivity (Wildman–Crippen MR) is 56.5 cm³/mol. The average Bonchev–Trinajstić information content (AvgIpc) is 2.25. The van der Waals surface area contributed by atoms with Gasteiger partial charge in [-0.15, -0.1) is 11.6 Å². The molecule has 3 nitrogen and oxygen atoms in total. The van der Waals surface area contributed by atoms with Crippen molar-refractivity contribution < 1.29 is 9.18 Å². The highest BCUT2D eigenvalue weighted by Gasteiger charge is 2.14. The summed E-state index contributed by atoms with van der Waals surface area (Å²) < 4.78 is 12.8. The van der Waals surface area contributed by atoms with Crippen LogP contribution in [0.4, 0.5) is 4.39 Å². The maximum Gasteiger partial charge on any atom is 0.255 e. The lowest BCUT2D eigenvalue weighted by molar-refractivity contribution is 0.0773. The molecule has 1 aromatic rings. The van der Waals surface area contributed by atoms with Gasteiger partial charge < -0.3 is 4.90 Å². The summed E-state index contributed by atoms with van der Waals surface area (Å²) in [5, 5.41) is 0. The summed E-state index contributed by atoms with van der Waals surface area (Å²) in [4.78, 5) is 17.0. The Bertz CT molecular complexity index is 346. The molecule has 0 atom stereocenters. The monoisotopic (exact) mass is 230 g/mol. The summed E-state index contributed by atoms with van der Waals surface area (Å²) in [7, 11) is 0. The average molecular weight is 231 g/mol. The van der Waals surface area contributed by atoms with Gasteiger partial charge >= 0.3 is 0 Å². The van der Waals surface area contributed by atoms with Gasteiger partial charge in [0.15, 0.2) is 0 Å². The Morgan fingerprint density at radius 2 is 2.33 bits per heavy atom. The third-order valence-electron chi connectivity index (χ3n) is 1.98. The molecular weight excluding hydrogens is 219 g/mol. The van der Waals surface area contributed by atoms with Gasteiger partial charge in [-0.3, -0.25) is 9.78 Å². The normalized spacial score (nSPS) is 10.1. The maximum atomic E-state index is 12.8. The lowest BCUT2D eigenvalue weighted by Gasteiger charge is -2.19. The smallest absolute Gasteiger partial charge is 0.255 e. The van der Waals surface area contributed by atoms with Crippen molar-refractivity contribution in [2.75, 3.05) is 19.0 Å². The van der Waals surface area contributed by atoms with Crippen molar-refractivity contribution in [3.8, 4) is 0 Å². The minimum absolute atomic E-state index is 0.245. The Hall–Kier alpha value is -1.16. The fraction of sp³-hybridized carbons (Fsp3) is 0.400. The number of pyridine rings is 1. The third-order valence-corrected chi connectivity index (χ3v) is 2.14. The summed E-state index contributed by atoms with van der Waals surface area (Å²) in [6.45, 7) is 2.84. The van der Waals surface area contributed by atoms with E-state index in [0.29, 0.717) is 19.0 Å². The van der Waals surface area contributed by atoms with E-state index in [-0.39, 0.29) is 11.5 Å². The highest BCUT2D eigenvalue weighted by atomic mass is 35.5. The van der Waals surface area contributed by atoms with Crippen LogP contribution < -0.4 is 0 Å². The van der Waals surface area contributed by atoms with E-state index >= 15 is 0 Å². The van der Waals surface area contributed by atoms with Gasteiger partial charge in [0, 0.05) is 25.2 Å². The van der Waals surface area contributed by atoms with Crippen LogP contribution in [0.2, 0.25) is 0 Å². The molecule has 1 rings (SSSR count). The molecule has 0 radical (unpaired) electrons. The van der Waals surface area contributed by atoms with E-state index in [1.807, 2.05) is 6.92 Å². The Labute approximate surface area is 92.9 Å². The standard InChI is InChI=1S/C10H12ClFN2O/c1-2-14(4-3-11)10(15)8-5-9(12)7-13-6-8/h5-7H,2-4H2,1H3. The topological polar surface area (TPSA) is 33.2 Å². The largest absolute Gasteiger partial charge is 0.338 e. The molecule has 0 aliphatic rings. The van der Waals surface area contributed by atoms with Crippen LogP contribution in [-0.4, -0.2) is 34.8 Å². The molecule has 1 heterocycles. The quantitative estimate of drug-likeness (QED) is 0.741. The number of carbonyl (C=O) groups excluding carboxylic acids is 1. The summed E-state index contributed by atoms with van der Waals surface area (Å²) in [6.07, 6.45) is 2.41. The minimum Gasteiger partial charge on any atom is -0.338 e. The molecule has 0 aromatic carbocycles. The summed E-state index contributed by atoms with van der Waals surface area (Å²) in [5.74, 6) is -0.393. The molecule has 82 valence electrons. The van der Waals surface area contributed by atoms with Crippen LogP contribution in [-0.2, 0) is 0 Å². The van der Waals surface area contributed by atoms with Gasteiger partial charge in [0.2, 0.25) is 0 Å². The first-order chi connectivity index (χ1) is 7.19. The summed E-state index contributed by atoms with van der Waals surface area (Å²) in [6, 6.07) is 1.17. The zero-order chi connectivity index (χ0) is 11.3. The molecule has 1 amide bonds. The second-order valence-corrected chi connectivity index (χ2v) is 3.34. The Morgan fingerprint density at radius 1 is 1.60 bits per heavy atom. The number of nitrogens with zero attached hydrogens (tertiary/aromatic N) is 2. The molecule has 0 saturated heterocycles. The van der Waals surface area contributed by atoms with Crippen LogP contribution in [0.25, 0.3) is 0 Å². The first kappa shape index (κ1) is 11.9. The number of amides is 1. The van der Waals surface area contributed by atoms with E-state index in [0.717, 1.165) is 6.20 Å². The van der Waals surface area contributed by atoms with Crippen LogP contribution in [0.15, 0.2) is 18.5 Å². The van der Waals surface area contributed by atoms with Crippen LogP contribution in [0.1, 0.15) is 17.3 Å². The van der Waals surface area contributed by atoms with Gasteiger partial charge in [0.1, 0.15) is 5.82 Å². The van der Waals surface area contributed by atoms with Crippen LogP contribution in [0.5, 0.6) is 0 Å². The molecule has 0 aliphatic carbocycles. The molecule has 15 heavy (non-hydrogen) atoms. The van der Waals surface area contributed by atoms with E-state index in [4.69, 9.17) is 11.6 Å². The van der Waals surface area contributed by atoms with E-state index < -0.39 is 5.82 Å². The van der Waals surface area contributed by atoms with Crippen molar-refractivity contribution in [1.82, 2.24) is 9.88 Å². The van der Waals surface area contributed by atoms with Crippen molar-refractivity contribution in [3.05, 3.63) is 29.8 Å². The highest BCUT2D eigenvalue weighted by molar-refractivity contribution is 6.18. The van der Waals surface area contributed by atoms with Gasteiger partial charge in [0.25, 0.3) is 5.91 Å². The lowest BCUT2D eigenvalue weighted by Crippen LogP contribution is -2.32. The molecule has 0 saturated carbocycles. The zero-order valence-corrected chi connectivity index (χ0v) is 9.17. The summed E-state index contributed by atoms with van der Waals surface area (Å²) >= 11 is 5.55. The number of halogens is 2. The molecule has 0 bridgehead atoms. The van der Waals surface area contributed by atoms with Gasteiger partial charge in [-0.25, -0.2) is 4.39 Å². The van der Waals surface area contributed by atoms with Crippen molar-refractivity contribution in [3.63, 3.8) is 0 Å². The first-order valence-electron chi connectivity index (χ1n) is 4.64. The van der Waals surface area contributed by atoms with Crippen LogP contribution in [0.3, 0.4) is 0 Å².